The van der Waals surface area contributed by atoms with Crippen LogP contribution in [0.5, 0.6) is 11.5 Å². The average Bonchev–Trinajstić information content (AvgIpc) is 2.32. The summed E-state index contributed by atoms with van der Waals surface area (Å²) in [6.07, 6.45) is 2.14. The van der Waals surface area contributed by atoms with Crippen molar-refractivity contribution < 1.29 is 9.47 Å². The van der Waals surface area contributed by atoms with Gasteiger partial charge in [-0.25, -0.2) is 0 Å². The van der Waals surface area contributed by atoms with Gasteiger partial charge in [-0.1, -0.05) is 27.2 Å². The molecule has 0 amide bonds. The largest absolute Gasteiger partial charge is 0.497 e. The van der Waals surface area contributed by atoms with Crippen molar-refractivity contribution in [3.8, 4) is 11.5 Å². The van der Waals surface area contributed by atoms with Gasteiger partial charge in [0.05, 0.1) is 14.2 Å². The van der Waals surface area contributed by atoms with Gasteiger partial charge >= 0.3 is 0 Å². The first-order valence-electron chi connectivity index (χ1n) is 5.52. The second kappa shape index (κ2) is 11.0. The fraction of sp³-hybridized carbons (Fsp3) is 0.538. The molecule has 1 aromatic carbocycles. The molecule has 94 valence electrons. The van der Waals surface area contributed by atoms with Crippen LogP contribution in [0.25, 0.3) is 0 Å². The zero-order valence-corrected chi connectivity index (χ0v) is 13.2. The van der Waals surface area contributed by atoms with Crippen LogP contribution in [0.1, 0.15) is 32.8 Å². The molecule has 0 heterocycles. The topological polar surface area (TPSA) is 18.5 Å². The van der Waals surface area contributed by atoms with Gasteiger partial charge in [-0.05, 0) is 30.2 Å². The van der Waals surface area contributed by atoms with Crippen LogP contribution in [-0.2, 0) is 6.42 Å². The highest BCUT2D eigenvalue weighted by Crippen LogP contribution is 2.24. The second-order valence-corrected chi connectivity index (χ2v) is 2.93. The van der Waals surface area contributed by atoms with E-state index in [-0.39, 0.29) is 24.0 Å². The second-order valence-electron chi connectivity index (χ2n) is 2.93. The average molecular weight is 338 g/mol. The van der Waals surface area contributed by atoms with Crippen molar-refractivity contribution in [3.63, 3.8) is 0 Å². The predicted octanol–water partition coefficient (Wildman–Crippen LogP) is 4.30. The summed E-state index contributed by atoms with van der Waals surface area (Å²) in [7, 11) is 3.37. The van der Waals surface area contributed by atoms with Crippen molar-refractivity contribution in [3.05, 3.63) is 23.8 Å². The molecule has 0 aliphatic rings. The number of hydrogen-bond acceptors (Lipinski definition) is 2. The van der Waals surface area contributed by atoms with E-state index in [0.717, 1.165) is 24.3 Å². The summed E-state index contributed by atoms with van der Waals surface area (Å²) in [6.45, 7) is 6.15. The molecule has 0 aliphatic heterocycles. The Morgan fingerprint density at radius 3 is 2.12 bits per heavy atom. The van der Waals surface area contributed by atoms with E-state index in [9.17, 15) is 0 Å². The predicted molar refractivity (Wildman–Crippen MR) is 80.3 cm³/mol. The third-order valence-electron chi connectivity index (χ3n) is 2.01. The quantitative estimate of drug-likeness (QED) is 0.762. The Kier molecular flexibility index (Phi) is 12.4. The van der Waals surface area contributed by atoms with Crippen LogP contribution < -0.4 is 9.47 Å². The van der Waals surface area contributed by atoms with Crippen LogP contribution in [0.2, 0.25) is 0 Å². The van der Waals surface area contributed by atoms with E-state index >= 15 is 0 Å². The van der Waals surface area contributed by atoms with Crippen LogP contribution >= 0.6 is 24.0 Å². The smallest absolute Gasteiger partial charge is 0.122 e. The van der Waals surface area contributed by atoms with Crippen LogP contribution in [0, 0.1) is 0 Å². The van der Waals surface area contributed by atoms with Gasteiger partial charge in [0.25, 0.3) is 0 Å². The molecule has 0 unspecified atom stereocenters. The molecule has 0 saturated heterocycles. The van der Waals surface area contributed by atoms with E-state index in [4.69, 9.17) is 9.47 Å². The highest BCUT2D eigenvalue weighted by atomic mass is 127. The molecule has 0 aromatic heterocycles. The molecule has 0 spiro atoms. The molecular formula is C13H23IO2. The number of rotatable bonds is 4. The first kappa shape index (κ1) is 17.9. The van der Waals surface area contributed by atoms with E-state index in [0.29, 0.717) is 0 Å². The van der Waals surface area contributed by atoms with E-state index in [1.54, 1.807) is 14.2 Å². The normalized spacial score (nSPS) is 8.31. The van der Waals surface area contributed by atoms with E-state index < -0.39 is 0 Å². The van der Waals surface area contributed by atoms with Gasteiger partial charge in [-0.2, -0.15) is 0 Å². The third kappa shape index (κ3) is 5.58. The maximum atomic E-state index is 5.24. The molecule has 1 aromatic rings. The van der Waals surface area contributed by atoms with Crippen molar-refractivity contribution >= 4 is 24.0 Å². The van der Waals surface area contributed by atoms with Gasteiger partial charge in [-0.3, -0.25) is 0 Å². The van der Waals surface area contributed by atoms with Crippen LogP contribution in [0.3, 0.4) is 0 Å². The minimum Gasteiger partial charge on any atom is -0.497 e. The number of hydrogen-bond donors (Lipinski definition) is 0. The number of aryl methyl sites for hydroxylation is 1. The minimum absolute atomic E-state index is 0. The summed E-state index contributed by atoms with van der Waals surface area (Å²) >= 11 is 0. The third-order valence-corrected chi connectivity index (χ3v) is 2.01. The van der Waals surface area contributed by atoms with Gasteiger partial charge in [0.2, 0.25) is 0 Å². The highest BCUT2D eigenvalue weighted by Gasteiger charge is 2.02. The molecular weight excluding hydrogens is 315 g/mol. The molecule has 0 radical (unpaired) electrons. The fourth-order valence-electron chi connectivity index (χ4n) is 1.35. The standard InChI is InChI=1S/C11H16O2.C2H6.HI/c1-4-5-9-8-10(12-2)6-7-11(9)13-3;1-2;/h6-8H,4-5H2,1-3H3;1-2H3;1H. The van der Waals surface area contributed by atoms with Crippen molar-refractivity contribution in [2.24, 2.45) is 0 Å². The Labute approximate surface area is 116 Å². The number of ether oxygens (including phenoxy) is 2. The van der Waals surface area contributed by atoms with E-state index in [1.807, 2.05) is 32.0 Å². The lowest BCUT2D eigenvalue weighted by Crippen LogP contribution is -1.93. The Morgan fingerprint density at radius 2 is 1.69 bits per heavy atom. The monoisotopic (exact) mass is 338 g/mol. The van der Waals surface area contributed by atoms with Gasteiger partial charge in [0.15, 0.2) is 0 Å². The highest BCUT2D eigenvalue weighted by molar-refractivity contribution is 14.0. The summed E-state index contributed by atoms with van der Waals surface area (Å²) in [4.78, 5) is 0. The number of methoxy groups -OCH3 is 2. The van der Waals surface area contributed by atoms with E-state index in [2.05, 4.69) is 6.92 Å². The molecule has 0 saturated carbocycles. The minimum atomic E-state index is 0. The van der Waals surface area contributed by atoms with Crippen molar-refractivity contribution in [1.29, 1.82) is 0 Å². The van der Waals surface area contributed by atoms with Gasteiger partial charge in [-0.15, -0.1) is 24.0 Å². The van der Waals surface area contributed by atoms with Gasteiger partial charge < -0.3 is 9.47 Å². The van der Waals surface area contributed by atoms with Gasteiger partial charge in [0.1, 0.15) is 11.5 Å². The molecule has 16 heavy (non-hydrogen) atoms. The summed E-state index contributed by atoms with van der Waals surface area (Å²) in [5, 5.41) is 0. The van der Waals surface area contributed by atoms with Crippen LogP contribution in [0.4, 0.5) is 0 Å². The SMILES string of the molecule is CC.CCCc1cc(OC)ccc1OC.I. The molecule has 2 nitrogen and oxygen atoms in total. The van der Waals surface area contributed by atoms with Gasteiger partial charge in [0, 0.05) is 0 Å². The Morgan fingerprint density at radius 1 is 1.06 bits per heavy atom. The molecule has 0 fully saturated rings. The Hall–Kier alpha value is -0.450. The maximum absolute atomic E-state index is 5.24. The fourth-order valence-corrected chi connectivity index (χ4v) is 1.35. The first-order valence-corrected chi connectivity index (χ1v) is 5.52. The molecule has 0 bridgehead atoms. The molecule has 3 heteroatoms. The maximum Gasteiger partial charge on any atom is 0.122 e. The van der Waals surface area contributed by atoms with Crippen LogP contribution in [0.15, 0.2) is 18.2 Å². The molecule has 0 aliphatic carbocycles. The van der Waals surface area contributed by atoms with Crippen LogP contribution in [-0.4, -0.2) is 14.2 Å². The van der Waals surface area contributed by atoms with Crippen molar-refractivity contribution in [1.82, 2.24) is 0 Å². The molecule has 0 atom stereocenters. The number of benzene rings is 1. The number of halogens is 1. The van der Waals surface area contributed by atoms with Crippen molar-refractivity contribution in [2.45, 2.75) is 33.6 Å². The zero-order chi connectivity index (χ0) is 11.7. The Bertz CT molecular complexity index is 275. The molecule has 0 N–H and O–H groups in total. The lowest BCUT2D eigenvalue weighted by molar-refractivity contribution is 0.398. The summed E-state index contributed by atoms with van der Waals surface area (Å²) in [6, 6.07) is 5.89. The lowest BCUT2D eigenvalue weighted by atomic mass is 10.1. The zero-order valence-electron chi connectivity index (χ0n) is 10.9. The van der Waals surface area contributed by atoms with E-state index in [1.165, 1.54) is 5.56 Å². The summed E-state index contributed by atoms with van der Waals surface area (Å²) in [5.74, 6) is 1.84. The summed E-state index contributed by atoms with van der Waals surface area (Å²) < 4.78 is 10.4. The molecule has 1 rings (SSSR count). The summed E-state index contributed by atoms with van der Waals surface area (Å²) in [5.41, 5.74) is 1.21. The Balaban J connectivity index is 0. The lowest BCUT2D eigenvalue weighted by Gasteiger charge is -2.09. The van der Waals surface area contributed by atoms with Crippen molar-refractivity contribution in [2.75, 3.05) is 14.2 Å². The first-order chi connectivity index (χ1) is 7.31.